The number of amides is 4. The van der Waals surface area contributed by atoms with Gasteiger partial charge in [-0.05, 0) is 148 Å². The van der Waals surface area contributed by atoms with Crippen molar-refractivity contribution in [1.29, 1.82) is 10.5 Å². The molecule has 3 N–H and O–H groups in total. The van der Waals surface area contributed by atoms with Crippen LogP contribution in [0.4, 0.5) is 4.39 Å². The largest absolute Gasteiger partial charge is 0.443 e. The van der Waals surface area contributed by atoms with Gasteiger partial charge in [0.05, 0.1) is 29.5 Å². The summed E-state index contributed by atoms with van der Waals surface area (Å²) < 4.78 is 28.0. The maximum Gasteiger partial charge on any atom is 0.274 e. The number of carbonyl (C=O) groups excluding carboxylic acids is 4. The molecule has 0 atom stereocenters. The third-order valence-corrected chi connectivity index (χ3v) is 16.4. The lowest BCUT2D eigenvalue weighted by Gasteiger charge is -2.30. The summed E-state index contributed by atoms with van der Waals surface area (Å²) in [6.45, 7) is 3.50. The molecule has 11 aromatic heterocycles. The first-order valence-electron chi connectivity index (χ1n) is 30.9. The molecule has 28 heteroatoms. The molecule has 0 radical (unpaired) electrons. The molecule has 472 valence electrons. The SMILES string of the molecule is Cc1ccc(C#N)cc1-c1c(C(=O)NC2CC2)nc2cccnn12.N#Cc1ccc(-c2c(C(=O)NC3CC3)nc3cccnn23)c(F)c1.O=C(NC1CC1)c1nc2cccnn2c1-c1cnc2ccnn2c1.O=C(c1nc2cccnn2c1-c1ccc2ncoc2c1)N1CCC1. The van der Waals surface area contributed by atoms with Crippen molar-refractivity contribution >= 4 is 63.0 Å². The number of oxazole rings is 1. The number of likely N-dealkylation sites (tertiary alicyclic amines) is 1. The normalized spacial score (nSPS) is 14.0. The minimum absolute atomic E-state index is 0.0561. The van der Waals surface area contributed by atoms with Gasteiger partial charge in [-0.25, -0.2) is 56.9 Å². The fourth-order valence-electron chi connectivity index (χ4n) is 11.0. The zero-order valence-electron chi connectivity index (χ0n) is 51.0. The van der Waals surface area contributed by atoms with Gasteiger partial charge in [0, 0.05) is 96.7 Å². The second kappa shape index (κ2) is 24.9. The maximum absolute atomic E-state index is 14.5. The predicted octanol–water partition coefficient (Wildman–Crippen LogP) is 8.48. The van der Waals surface area contributed by atoms with Crippen LogP contribution >= 0.6 is 0 Å². The van der Waals surface area contributed by atoms with E-state index in [1.807, 2.05) is 73.8 Å². The molecule has 1 saturated heterocycles. The number of aryl methyl sites for hydroxylation is 1. The molecular formula is C68H53FN22O5. The quantitative estimate of drug-likeness (QED) is 0.109. The summed E-state index contributed by atoms with van der Waals surface area (Å²) in [5.74, 6) is -1.37. The lowest BCUT2D eigenvalue weighted by Crippen LogP contribution is -2.42. The zero-order valence-corrected chi connectivity index (χ0v) is 51.0. The maximum atomic E-state index is 14.5. The molecule has 3 aromatic carbocycles. The number of halogens is 1. The molecule has 0 unspecified atom stereocenters. The molecule has 96 heavy (non-hydrogen) atoms. The molecule has 27 nitrogen and oxygen atoms in total. The Labute approximate surface area is 542 Å². The van der Waals surface area contributed by atoms with E-state index < -0.39 is 5.82 Å². The molecule has 1 aliphatic heterocycles. The van der Waals surface area contributed by atoms with E-state index in [9.17, 15) is 28.8 Å². The lowest BCUT2D eigenvalue weighted by atomic mass is 10.0. The number of imidazole rings is 4. The first-order valence-corrected chi connectivity index (χ1v) is 30.9. The van der Waals surface area contributed by atoms with Crippen molar-refractivity contribution in [3.63, 3.8) is 0 Å². The van der Waals surface area contributed by atoms with Gasteiger partial charge in [0.25, 0.3) is 23.6 Å². The number of nitrogens with one attached hydrogen (secondary N) is 3. The van der Waals surface area contributed by atoms with Gasteiger partial charge in [-0.2, -0.15) is 36.0 Å². The number of hydrogen-bond acceptors (Lipinski definition) is 18. The summed E-state index contributed by atoms with van der Waals surface area (Å²) >= 11 is 0. The standard InChI is InChI=1S/C18H15N5O.C17H12FN5O.C17H13N5O2.C16H13N7O/c1-11-4-5-12(10-19)9-14(11)17-16(18(24)21-13-6-7-13)22-15-3-2-8-20-23(15)17;18-13-8-10(9-19)3-6-12(13)16-15(17(24)21-11-4-5-11)22-14-2-1-7-20-23(14)16;23-17(21-7-2-8-21)15-16(22-14(20-15)3-1-6-19-22)11-4-5-12-13(9-11)24-10-18-12;24-16(20-11-3-4-11)14-15(23-13(21-14)2-1-6-19-23)10-8-17-12-5-7-18-22(12)9-10/h2-5,8-9,13H,6-7H2,1H3,(H,21,24);1-3,6-8,11H,4-5H2,(H,21,24);1,3-6,9-10H,2,7-8H2;1-2,5-9,11H,3-4H2,(H,20,24). The minimum atomic E-state index is -0.595. The van der Waals surface area contributed by atoms with Gasteiger partial charge in [-0.15, -0.1) is 0 Å². The Hall–Kier alpha value is -13.0. The second-order valence-electron chi connectivity index (χ2n) is 23.3. The summed E-state index contributed by atoms with van der Waals surface area (Å²) in [5, 5.41) is 48.4. The number of benzene rings is 3. The molecule has 4 aliphatic rings. The topological polar surface area (TPSA) is 332 Å². The number of nitriles is 2. The highest BCUT2D eigenvalue weighted by atomic mass is 19.1. The minimum Gasteiger partial charge on any atom is -0.443 e. The number of carbonyl (C=O) groups is 4. The molecule has 0 bridgehead atoms. The summed E-state index contributed by atoms with van der Waals surface area (Å²) in [7, 11) is 0. The van der Waals surface area contributed by atoms with E-state index in [-0.39, 0.29) is 64.3 Å². The summed E-state index contributed by atoms with van der Waals surface area (Å²) in [6.07, 6.45) is 20.2. The predicted molar refractivity (Wildman–Crippen MR) is 344 cm³/mol. The molecule has 18 rings (SSSR count). The Bertz CT molecular complexity index is 5500. The van der Waals surface area contributed by atoms with Crippen molar-refractivity contribution in [2.24, 2.45) is 0 Å². The molecule has 4 fully saturated rings. The van der Waals surface area contributed by atoms with Gasteiger partial charge < -0.3 is 25.3 Å². The molecule has 0 spiro atoms. The monoisotopic (exact) mass is 1280 g/mol. The van der Waals surface area contributed by atoms with Crippen LogP contribution in [0, 0.1) is 35.4 Å². The van der Waals surface area contributed by atoms with Crippen LogP contribution in [-0.2, 0) is 0 Å². The zero-order chi connectivity index (χ0) is 65.6. The van der Waals surface area contributed by atoms with Crippen molar-refractivity contribution < 1.29 is 28.0 Å². The van der Waals surface area contributed by atoms with Crippen LogP contribution in [0.25, 0.3) is 84.4 Å². The number of hydrogen-bond donors (Lipinski definition) is 3. The van der Waals surface area contributed by atoms with E-state index in [1.165, 1.54) is 23.0 Å². The lowest BCUT2D eigenvalue weighted by molar-refractivity contribution is 0.0646. The highest BCUT2D eigenvalue weighted by Crippen LogP contribution is 2.34. The van der Waals surface area contributed by atoms with Crippen molar-refractivity contribution in [3.8, 4) is 57.2 Å². The van der Waals surface area contributed by atoms with Crippen LogP contribution in [0.15, 0.2) is 163 Å². The van der Waals surface area contributed by atoms with Gasteiger partial charge >= 0.3 is 0 Å². The Morgan fingerprint density at radius 1 is 0.521 bits per heavy atom. The molecule has 3 aliphatic carbocycles. The molecule has 12 heterocycles. The molecule has 4 amide bonds. The molecular weight excluding hydrogens is 1220 g/mol. The highest BCUT2D eigenvalue weighted by Gasteiger charge is 2.33. The highest BCUT2D eigenvalue weighted by molar-refractivity contribution is 6.02. The van der Waals surface area contributed by atoms with Crippen LogP contribution in [0.5, 0.6) is 0 Å². The third-order valence-electron chi connectivity index (χ3n) is 16.4. The van der Waals surface area contributed by atoms with E-state index in [0.29, 0.717) is 67.9 Å². The average molecular weight is 1280 g/mol. The van der Waals surface area contributed by atoms with Crippen molar-refractivity contribution in [2.75, 3.05) is 13.1 Å². The molecule has 14 aromatic rings. The molecule has 3 saturated carbocycles. The Kier molecular flexibility index (Phi) is 15.4. The second-order valence-corrected chi connectivity index (χ2v) is 23.3. The fraction of sp³-hybridized carbons (Fsp3) is 0.191. The van der Waals surface area contributed by atoms with E-state index in [2.05, 4.69) is 77.4 Å². The van der Waals surface area contributed by atoms with Crippen molar-refractivity contribution in [2.45, 2.75) is 70.0 Å². The van der Waals surface area contributed by atoms with Crippen molar-refractivity contribution in [3.05, 3.63) is 204 Å². The first-order chi connectivity index (χ1) is 46.9. The number of aromatic nitrogens is 16. The van der Waals surface area contributed by atoms with E-state index >= 15 is 0 Å². The van der Waals surface area contributed by atoms with E-state index in [4.69, 9.17) is 9.68 Å². The number of fused-ring (bicyclic) bond motifs is 6. The Morgan fingerprint density at radius 2 is 1.02 bits per heavy atom. The summed E-state index contributed by atoms with van der Waals surface area (Å²) in [6, 6.07) is 36.0. The first kappa shape index (κ1) is 59.3. The van der Waals surface area contributed by atoms with Gasteiger partial charge in [0.1, 0.15) is 34.1 Å². The van der Waals surface area contributed by atoms with Gasteiger partial charge in [0.2, 0.25) is 0 Å². The summed E-state index contributed by atoms with van der Waals surface area (Å²) in [5.41, 5.74) is 12.2. The number of nitrogens with zero attached hydrogens (tertiary/aromatic N) is 19. The average Bonchev–Trinajstić information content (AvgIpc) is 1.54. The van der Waals surface area contributed by atoms with Crippen LogP contribution < -0.4 is 16.0 Å². The smallest absolute Gasteiger partial charge is 0.274 e. The van der Waals surface area contributed by atoms with Crippen LogP contribution in [0.3, 0.4) is 0 Å². The van der Waals surface area contributed by atoms with Crippen LogP contribution in [0.2, 0.25) is 0 Å². The van der Waals surface area contributed by atoms with Gasteiger partial charge in [-0.3, -0.25) is 19.2 Å². The van der Waals surface area contributed by atoms with Gasteiger partial charge in [-0.1, -0.05) is 12.1 Å². The number of rotatable bonds is 11. The summed E-state index contributed by atoms with van der Waals surface area (Å²) in [4.78, 5) is 78.6. The van der Waals surface area contributed by atoms with Gasteiger partial charge in [0.15, 0.2) is 63.0 Å². The fourth-order valence-corrected chi connectivity index (χ4v) is 11.0. The van der Waals surface area contributed by atoms with Crippen LogP contribution in [0.1, 0.15) is 104 Å². The Balaban J connectivity index is 0.000000105. The van der Waals surface area contributed by atoms with Crippen molar-refractivity contribution in [1.82, 2.24) is 98.8 Å². The van der Waals surface area contributed by atoms with E-state index in [1.54, 1.807) is 96.5 Å². The Morgan fingerprint density at radius 3 is 1.54 bits per heavy atom. The van der Waals surface area contributed by atoms with Crippen LogP contribution in [-0.4, -0.2) is 138 Å². The van der Waals surface area contributed by atoms with E-state index in [0.717, 1.165) is 97.5 Å². The third kappa shape index (κ3) is 11.8.